The molecule has 140 valence electrons. The highest BCUT2D eigenvalue weighted by Gasteiger charge is 2.21. The minimum Gasteiger partial charge on any atom is -0.368 e. The fraction of sp³-hybridized carbons (Fsp3) is 0.381. The number of rotatable bonds is 4. The molecule has 0 bridgehead atoms. The van der Waals surface area contributed by atoms with Crippen molar-refractivity contribution in [3.05, 3.63) is 65.2 Å². The van der Waals surface area contributed by atoms with Gasteiger partial charge in [-0.2, -0.15) is 0 Å². The van der Waals surface area contributed by atoms with Crippen LogP contribution in [-0.2, 0) is 6.42 Å². The molecule has 26 heavy (non-hydrogen) atoms. The van der Waals surface area contributed by atoms with Gasteiger partial charge in [-0.15, -0.1) is 12.4 Å². The van der Waals surface area contributed by atoms with Crippen molar-refractivity contribution in [2.45, 2.75) is 20.3 Å². The van der Waals surface area contributed by atoms with Gasteiger partial charge in [-0.25, -0.2) is 4.79 Å². The van der Waals surface area contributed by atoms with Gasteiger partial charge in [0.25, 0.3) is 0 Å². The molecule has 0 saturated carbocycles. The number of piperazine rings is 1. The first kappa shape index (κ1) is 20.1. The Morgan fingerprint density at radius 3 is 2.35 bits per heavy atom. The van der Waals surface area contributed by atoms with E-state index in [9.17, 15) is 4.79 Å². The van der Waals surface area contributed by atoms with Crippen LogP contribution in [-0.4, -0.2) is 43.7 Å². The van der Waals surface area contributed by atoms with Crippen LogP contribution in [0.25, 0.3) is 0 Å². The second-order valence-corrected chi connectivity index (χ2v) is 6.66. The molecule has 0 aliphatic carbocycles. The number of anilines is 1. The molecule has 2 amide bonds. The van der Waals surface area contributed by atoms with Crippen molar-refractivity contribution in [1.82, 2.24) is 10.2 Å². The standard InChI is InChI=1S/C21H27N3O.ClH/c1-17-7-6-10-20(18(17)2)23-13-15-24(16-14-23)21(25)22-12-11-19-8-4-3-5-9-19;/h3-10H,11-16H2,1-2H3,(H,22,25);1H. The van der Waals surface area contributed by atoms with Crippen molar-refractivity contribution in [2.24, 2.45) is 0 Å². The highest BCUT2D eigenvalue weighted by Crippen LogP contribution is 2.23. The van der Waals surface area contributed by atoms with Crippen LogP contribution in [0.1, 0.15) is 16.7 Å². The highest BCUT2D eigenvalue weighted by atomic mass is 35.5. The molecule has 5 heteroatoms. The summed E-state index contributed by atoms with van der Waals surface area (Å²) < 4.78 is 0. The largest absolute Gasteiger partial charge is 0.368 e. The maximum atomic E-state index is 12.3. The monoisotopic (exact) mass is 373 g/mol. The molecule has 0 aromatic heterocycles. The van der Waals surface area contributed by atoms with Gasteiger partial charge in [0.1, 0.15) is 0 Å². The fourth-order valence-corrected chi connectivity index (χ4v) is 3.30. The van der Waals surface area contributed by atoms with Crippen LogP contribution < -0.4 is 10.2 Å². The van der Waals surface area contributed by atoms with Crippen molar-refractivity contribution < 1.29 is 4.79 Å². The third kappa shape index (κ3) is 4.92. The fourth-order valence-electron chi connectivity index (χ4n) is 3.30. The van der Waals surface area contributed by atoms with Crippen LogP contribution in [0.5, 0.6) is 0 Å². The molecule has 3 rings (SSSR count). The molecule has 2 aromatic rings. The van der Waals surface area contributed by atoms with Gasteiger partial charge in [0.05, 0.1) is 0 Å². The van der Waals surface area contributed by atoms with Crippen molar-refractivity contribution in [1.29, 1.82) is 0 Å². The summed E-state index contributed by atoms with van der Waals surface area (Å²) in [4.78, 5) is 16.7. The first-order chi connectivity index (χ1) is 12.1. The summed E-state index contributed by atoms with van der Waals surface area (Å²) >= 11 is 0. The number of benzene rings is 2. The van der Waals surface area contributed by atoms with Crippen LogP contribution in [0, 0.1) is 13.8 Å². The zero-order chi connectivity index (χ0) is 17.6. The zero-order valence-electron chi connectivity index (χ0n) is 15.6. The third-order valence-electron chi connectivity index (χ3n) is 5.02. The van der Waals surface area contributed by atoms with Crippen molar-refractivity contribution in [3.63, 3.8) is 0 Å². The van der Waals surface area contributed by atoms with Gasteiger partial charge in [-0.3, -0.25) is 0 Å². The van der Waals surface area contributed by atoms with E-state index in [2.05, 4.69) is 54.4 Å². The van der Waals surface area contributed by atoms with E-state index in [0.717, 1.165) is 32.6 Å². The molecular weight excluding hydrogens is 346 g/mol. The maximum absolute atomic E-state index is 12.3. The molecule has 0 unspecified atom stereocenters. The number of halogens is 1. The second-order valence-electron chi connectivity index (χ2n) is 6.66. The lowest BCUT2D eigenvalue weighted by molar-refractivity contribution is 0.194. The smallest absolute Gasteiger partial charge is 0.317 e. The Morgan fingerprint density at radius 2 is 1.65 bits per heavy atom. The summed E-state index contributed by atoms with van der Waals surface area (Å²) in [5, 5.41) is 3.04. The second kappa shape index (κ2) is 9.48. The Labute approximate surface area is 162 Å². The lowest BCUT2D eigenvalue weighted by Gasteiger charge is -2.37. The van der Waals surface area contributed by atoms with Crippen LogP contribution in [0.2, 0.25) is 0 Å². The topological polar surface area (TPSA) is 35.6 Å². The van der Waals surface area contributed by atoms with Gasteiger partial charge >= 0.3 is 6.03 Å². The molecule has 1 fully saturated rings. The van der Waals surface area contributed by atoms with Gasteiger partial charge < -0.3 is 15.1 Å². The number of amides is 2. The Morgan fingerprint density at radius 1 is 0.962 bits per heavy atom. The van der Waals surface area contributed by atoms with Gasteiger partial charge in [-0.1, -0.05) is 42.5 Å². The van der Waals surface area contributed by atoms with Crippen molar-refractivity contribution >= 4 is 24.1 Å². The minimum absolute atomic E-state index is 0. The highest BCUT2D eigenvalue weighted by molar-refractivity contribution is 5.85. The Bertz CT molecular complexity index is 712. The molecule has 0 atom stereocenters. The molecule has 0 spiro atoms. The molecule has 1 aliphatic rings. The number of hydrogen-bond acceptors (Lipinski definition) is 2. The van der Waals surface area contributed by atoms with E-state index < -0.39 is 0 Å². The lowest BCUT2D eigenvalue weighted by atomic mass is 10.1. The maximum Gasteiger partial charge on any atom is 0.317 e. The number of nitrogens with one attached hydrogen (secondary N) is 1. The van der Waals surface area contributed by atoms with Crippen LogP contribution >= 0.6 is 12.4 Å². The number of nitrogens with zero attached hydrogens (tertiary/aromatic N) is 2. The van der Waals surface area contributed by atoms with Crippen molar-refractivity contribution in [2.75, 3.05) is 37.6 Å². The average molecular weight is 374 g/mol. The van der Waals surface area contributed by atoms with Gasteiger partial charge in [0.15, 0.2) is 0 Å². The van der Waals surface area contributed by atoms with E-state index in [1.54, 1.807) is 0 Å². The van der Waals surface area contributed by atoms with Crippen LogP contribution in [0.4, 0.5) is 10.5 Å². The van der Waals surface area contributed by atoms with E-state index >= 15 is 0 Å². The number of hydrogen-bond donors (Lipinski definition) is 1. The SMILES string of the molecule is Cc1cccc(N2CCN(C(=O)NCCc3ccccc3)CC2)c1C.Cl. The number of urea groups is 1. The molecule has 1 saturated heterocycles. The first-order valence-electron chi connectivity index (χ1n) is 9.03. The summed E-state index contributed by atoms with van der Waals surface area (Å²) in [6.45, 7) is 8.31. The minimum atomic E-state index is 0. The number of carbonyl (C=O) groups excluding carboxylic acids is 1. The van der Waals surface area contributed by atoms with Crippen molar-refractivity contribution in [3.8, 4) is 0 Å². The van der Waals surface area contributed by atoms with Crippen LogP contribution in [0.3, 0.4) is 0 Å². The van der Waals surface area contributed by atoms with E-state index in [4.69, 9.17) is 0 Å². The normalized spacial score (nSPS) is 13.9. The molecule has 1 heterocycles. The number of carbonyl (C=O) groups is 1. The third-order valence-corrected chi connectivity index (χ3v) is 5.02. The quantitative estimate of drug-likeness (QED) is 0.884. The first-order valence-corrected chi connectivity index (χ1v) is 9.03. The molecule has 2 aromatic carbocycles. The van der Waals surface area contributed by atoms with Crippen LogP contribution in [0.15, 0.2) is 48.5 Å². The summed E-state index contributed by atoms with van der Waals surface area (Å²) in [5.41, 5.74) is 5.20. The summed E-state index contributed by atoms with van der Waals surface area (Å²) in [5.74, 6) is 0. The van der Waals surface area contributed by atoms with Gasteiger partial charge in [0.2, 0.25) is 0 Å². The predicted molar refractivity (Wildman–Crippen MR) is 110 cm³/mol. The summed E-state index contributed by atoms with van der Waals surface area (Å²) in [7, 11) is 0. The van der Waals surface area contributed by atoms with E-state index in [1.165, 1.54) is 22.4 Å². The summed E-state index contributed by atoms with van der Waals surface area (Å²) in [6.07, 6.45) is 0.870. The average Bonchev–Trinajstić information content (AvgIpc) is 2.65. The molecular formula is C21H28ClN3O. The Balaban J connectivity index is 0.00000243. The summed E-state index contributed by atoms with van der Waals surface area (Å²) in [6, 6.07) is 16.7. The Kier molecular flexibility index (Phi) is 7.34. The van der Waals surface area contributed by atoms with E-state index in [0.29, 0.717) is 6.54 Å². The predicted octanol–water partition coefficient (Wildman–Crippen LogP) is 3.80. The molecule has 4 nitrogen and oxygen atoms in total. The number of aryl methyl sites for hydroxylation is 1. The zero-order valence-corrected chi connectivity index (χ0v) is 16.4. The molecule has 1 aliphatic heterocycles. The van der Waals surface area contributed by atoms with Gasteiger partial charge in [-0.05, 0) is 43.0 Å². The molecule has 1 N–H and O–H groups in total. The van der Waals surface area contributed by atoms with Gasteiger partial charge in [0, 0.05) is 38.4 Å². The lowest BCUT2D eigenvalue weighted by Crippen LogP contribution is -2.52. The van der Waals surface area contributed by atoms with E-state index in [-0.39, 0.29) is 18.4 Å². The molecule has 0 radical (unpaired) electrons. The van der Waals surface area contributed by atoms with E-state index in [1.807, 2.05) is 23.1 Å². The Hall–Kier alpha value is -2.20.